The molecular formula is C68H64BN3. The maximum atomic E-state index is 4.33. The van der Waals surface area contributed by atoms with Gasteiger partial charge >= 0.3 is 0 Å². The van der Waals surface area contributed by atoms with Gasteiger partial charge in [-0.2, -0.15) is 0 Å². The van der Waals surface area contributed by atoms with Gasteiger partial charge in [-0.05, 0) is 153 Å². The molecule has 1 aromatic heterocycles. The van der Waals surface area contributed by atoms with E-state index >= 15 is 0 Å². The maximum absolute atomic E-state index is 4.33. The average molecular weight is 934 g/mol. The highest BCUT2D eigenvalue weighted by atomic mass is 15.1. The number of hydrogen-bond acceptors (Lipinski definition) is 2. The fraction of sp³-hybridized carbons (Fsp3) is 0.235. The van der Waals surface area contributed by atoms with Gasteiger partial charge in [-0.15, -0.1) is 0 Å². The number of nitrogens with zero attached hydrogens (tertiary/aromatic N) is 2. The first-order valence-corrected chi connectivity index (χ1v) is 26.1. The molecule has 4 heteroatoms. The van der Waals surface area contributed by atoms with Gasteiger partial charge in [0.1, 0.15) is 0 Å². The van der Waals surface area contributed by atoms with Crippen LogP contribution >= 0.6 is 0 Å². The third kappa shape index (κ3) is 6.63. The summed E-state index contributed by atoms with van der Waals surface area (Å²) in [5.41, 5.74) is 26.4. The van der Waals surface area contributed by atoms with Crippen molar-refractivity contribution in [3.8, 4) is 39.1 Å². The normalized spacial score (nSPS) is 13.6. The Bertz CT molecular complexity index is 3850. The fourth-order valence-corrected chi connectivity index (χ4v) is 12.4. The maximum Gasteiger partial charge on any atom is 0.252 e. The van der Waals surface area contributed by atoms with E-state index in [2.05, 4.69) is 262 Å². The van der Waals surface area contributed by atoms with Crippen molar-refractivity contribution in [3.05, 3.63) is 186 Å². The van der Waals surface area contributed by atoms with Crippen LogP contribution in [-0.4, -0.2) is 11.3 Å². The molecular weight excluding hydrogens is 870 g/mol. The summed E-state index contributed by atoms with van der Waals surface area (Å²) in [6.07, 6.45) is 0. The summed E-state index contributed by atoms with van der Waals surface area (Å²) in [7, 11) is 0. The summed E-state index contributed by atoms with van der Waals surface area (Å²) < 4.78 is 2.63. The number of fused-ring (bicyclic) bond motifs is 13. The molecule has 1 aliphatic carbocycles. The molecule has 0 amide bonds. The summed E-state index contributed by atoms with van der Waals surface area (Å²) in [5.74, 6) is 0. The zero-order valence-corrected chi connectivity index (χ0v) is 44.1. The number of aromatic nitrogens is 1. The van der Waals surface area contributed by atoms with Gasteiger partial charge < -0.3 is 14.8 Å². The van der Waals surface area contributed by atoms with Crippen molar-refractivity contribution in [2.24, 2.45) is 0 Å². The Morgan fingerprint density at radius 2 is 0.986 bits per heavy atom. The van der Waals surface area contributed by atoms with Gasteiger partial charge in [0.25, 0.3) is 6.71 Å². The van der Waals surface area contributed by atoms with Gasteiger partial charge in [0.15, 0.2) is 0 Å². The zero-order chi connectivity index (χ0) is 50.0. The van der Waals surface area contributed by atoms with Gasteiger partial charge in [0.2, 0.25) is 0 Å². The number of benzene rings is 9. The lowest BCUT2D eigenvalue weighted by Gasteiger charge is -2.38. The Balaban J connectivity index is 1.16. The SMILES string of the molecule is CC(C)(C)c1ccc(N(c2ccc(C(C)(C)C)cc2)c2cc3c4c(c2)-n2c5ccc(C(C)(C)C)cc5c5cc(C(C)(C)C)cc(c52)B4c2ccc4c(c2N3)-c2ccccc2-c2cccc3cccc-4c23)cc1. The second kappa shape index (κ2) is 15.1. The molecule has 0 fully saturated rings. The van der Waals surface area contributed by atoms with E-state index in [9.17, 15) is 0 Å². The molecule has 3 heterocycles. The van der Waals surface area contributed by atoms with Crippen molar-refractivity contribution in [1.29, 1.82) is 0 Å². The Labute approximate surface area is 426 Å². The van der Waals surface area contributed by atoms with Crippen molar-refractivity contribution in [2.45, 2.75) is 105 Å². The van der Waals surface area contributed by atoms with Gasteiger partial charge in [-0.3, -0.25) is 0 Å². The third-order valence-corrected chi connectivity index (χ3v) is 16.3. The fourth-order valence-electron chi connectivity index (χ4n) is 12.4. The van der Waals surface area contributed by atoms with Crippen LogP contribution in [0, 0.1) is 0 Å². The number of anilines is 5. The zero-order valence-electron chi connectivity index (χ0n) is 44.1. The van der Waals surface area contributed by atoms with Crippen molar-refractivity contribution in [3.63, 3.8) is 0 Å². The number of rotatable bonds is 3. The summed E-state index contributed by atoms with van der Waals surface area (Å²) in [6.45, 7) is 27.9. The van der Waals surface area contributed by atoms with Crippen molar-refractivity contribution >= 4 is 84.1 Å². The molecule has 1 N–H and O–H groups in total. The van der Waals surface area contributed by atoms with Gasteiger partial charge in [0, 0.05) is 50.3 Å². The van der Waals surface area contributed by atoms with E-state index in [-0.39, 0.29) is 28.4 Å². The quantitative estimate of drug-likeness (QED) is 0.178. The van der Waals surface area contributed by atoms with E-state index in [0.29, 0.717) is 0 Å². The predicted octanol–water partition coefficient (Wildman–Crippen LogP) is 16.8. The molecule has 0 saturated carbocycles. The topological polar surface area (TPSA) is 20.2 Å². The summed E-state index contributed by atoms with van der Waals surface area (Å²) in [6, 6.07) is 63.6. The Morgan fingerprint density at radius 3 is 1.60 bits per heavy atom. The van der Waals surface area contributed by atoms with Crippen LogP contribution in [0.4, 0.5) is 28.4 Å². The molecule has 0 radical (unpaired) electrons. The molecule has 354 valence electrons. The lowest BCUT2D eigenvalue weighted by atomic mass is 9.33. The first-order chi connectivity index (χ1) is 34.2. The minimum Gasteiger partial charge on any atom is -0.356 e. The van der Waals surface area contributed by atoms with E-state index in [1.165, 1.54) is 116 Å². The van der Waals surface area contributed by atoms with Gasteiger partial charge in [-0.1, -0.05) is 192 Å². The molecule has 13 rings (SSSR count). The number of nitrogens with one attached hydrogen (secondary N) is 1. The minimum absolute atomic E-state index is 0.0104. The largest absolute Gasteiger partial charge is 0.356 e. The molecule has 3 aliphatic rings. The molecule has 0 bridgehead atoms. The lowest BCUT2D eigenvalue weighted by molar-refractivity contribution is 0.590. The molecule has 2 aliphatic heterocycles. The van der Waals surface area contributed by atoms with Crippen molar-refractivity contribution < 1.29 is 0 Å². The first-order valence-electron chi connectivity index (χ1n) is 26.1. The Hall–Kier alpha value is -7.30. The van der Waals surface area contributed by atoms with Crippen LogP contribution < -0.4 is 26.6 Å². The van der Waals surface area contributed by atoms with Crippen LogP contribution in [0.1, 0.15) is 105 Å². The van der Waals surface area contributed by atoms with Crippen LogP contribution in [-0.2, 0) is 21.7 Å². The van der Waals surface area contributed by atoms with Crippen LogP contribution in [0.2, 0.25) is 0 Å². The van der Waals surface area contributed by atoms with E-state index in [1.54, 1.807) is 0 Å². The smallest absolute Gasteiger partial charge is 0.252 e. The highest BCUT2D eigenvalue weighted by molar-refractivity contribution is 7.00. The molecule has 0 atom stereocenters. The van der Waals surface area contributed by atoms with E-state index in [1.807, 2.05) is 0 Å². The summed E-state index contributed by atoms with van der Waals surface area (Å²) >= 11 is 0. The van der Waals surface area contributed by atoms with E-state index in [4.69, 9.17) is 0 Å². The van der Waals surface area contributed by atoms with Crippen LogP contribution in [0.15, 0.2) is 164 Å². The second-order valence-corrected chi connectivity index (χ2v) is 25.1. The van der Waals surface area contributed by atoms with Crippen LogP contribution in [0.25, 0.3) is 71.6 Å². The second-order valence-electron chi connectivity index (χ2n) is 25.1. The molecule has 0 saturated heterocycles. The first kappa shape index (κ1) is 44.6. The Morgan fingerprint density at radius 1 is 0.431 bits per heavy atom. The molecule has 3 nitrogen and oxygen atoms in total. The van der Waals surface area contributed by atoms with E-state index in [0.717, 1.165) is 22.7 Å². The predicted molar refractivity (Wildman–Crippen MR) is 312 cm³/mol. The van der Waals surface area contributed by atoms with Crippen molar-refractivity contribution in [2.75, 3.05) is 10.2 Å². The van der Waals surface area contributed by atoms with Crippen molar-refractivity contribution in [1.82, 2.24) is 4.57 Å². The van der Waals surface area contributed by atoms with Crippen LogP contribution in [0.5, 0.6) is 0 Å². The highest BCUT2D eigenvalue weighted by Crippen LogP contribution is 2.52. The monoisotopic (exact) mass is 934 g/mol. The molecule has 10 aromatic rings. The van der Waals surface area contributed by atoms with Gasteiger partial charge in [-0.25, -0.2) is 0 Å². The van der Waals surface area contributed by atoms with Crippen LogP contribution in [0.3, 0.4) is 0 Å². The minimum atomic E-state index is -0.0772. The summed E-state index contributed by atoms with van der Waals surface area (Å²) in [5, 5.41) is 9.54. The third-order valence-electron chi connectivity index (χ3n) is 16.3. The number of hydrogen-bond donors (Lipinski definition) is 1. The summed E-state index contributed by atoms with van der Waals surface area (Å²) in [4.78, 5) is 2.48. The average Bonchev–Trinajstić information content (AvgIpc) is 3.61. The Kier molecular flexibility index (Phi) is 9.37. The highest BCUT2D eigenvalue weighted by Gasteiger charge is 2.43. The molecule has 0 spiro atoms. The standard InChI is InChI=1S/C68H64BN3/c1-65(2,3)41-23-28-45(29-24-41)71(46-30-25-42(26-31-46)66(4,5)6)47-38-57-62-59(39-47)72-58-34-27-43(67(7,8)9)35-53(58)54-36-44(68(10,11)12)37-56(64(54)72)69(62)55-33-32-52-51-22-16-18-40-17-15-21-49(60(40)51)48-19-13-14-20-50(48)61(52)63(55)70-57/h13-39,70H,1-12H3. The lowest BCUT2D eigenvalue weighted by Crippen LogP contribution is -2.59. The molecule has 72 heavy (non-hydrogen) atoms. The van der Waals surface area contributed by atoms with Gasteiger partial charge in [0.05, 0.1) is 11.2 Å². The molecule has 9 aromatic carbocycles. The molecule has 0 unspecified atom stereocenters. The van der Waals surface area contributed by atoms with E-state index < -0.39 is 0 Å².